The van der Waals surface area contributed by atoms with Gasteiger partial charge in [-0.25, -0.2) is 4.79 Å². The molecule has 0 saturated carbocycles. The van der Waals surface area contributed by atoms with Gasteiger partial charge in [0.05, 0.1) is 36.8 Å². The van der Waals surface area contributed by atoms with Crippen LogP contribution in [-0.4, -0.2) is 74.5 Å². The van der Waals surface area contributed by atoms with Crippen LogP contribution in [0.1, 0.15) is 52.0 Å². The Morgan fingerprint density at radius 2 is 1.88 bits per heavy atom. The standard InChI is InChI=1S/C26H36N4O4/c1-4-34-26(32)28-12-9-19(10-13-28)30-23-8-7-20(29-17(2)5-6-18(29)3)15-21(23)24(25(30)31)22-16-33-14-11-27-22/h7-8,15,17-19,27H,4-6,9-14,16H2,1-3H3/b24-22-. The molecule has 8 nitrogen and oxygen atoms in total. The molecule has 3 fully saturated rings. The molecule has 1 N–H and O–H groups in total. The van der Waals surface area contributed by atoms with Crippen molar-refractivity contribution < 1.29 is 19.1 Å². The number of hydrogen-bond acceptors (Lipinski definition) is 6. The Morgan fingerprint density at radius 1 is 1.15 bits per heavy atom. The minimum Gasteiger partial charge on any atom is -0.450 e. The Balaban J connectivity index is 1.47. The molecule has 1 aromatic rings. The molecule has 0 radical (unpaired) electrons. The fourth-order valence-electron chi connectivity index (χ4n) is 5.98. The summed E-state index contributed by atoms with van der Waals surface area (Å²) >= 11 is 0. The molecule has 0 spiro atoms. The first kappa shape index (κ1) is 23.0. The predicted octanol–water partition coefficient (Wildman–Crippen LogP) is 3.36. The molecule has 3 saturated heterocycles. The second-order valence-electron chi connectivity index (χ2n) is 9.81. The van der Waals surface area contributed by atoms with E-state index in [0.29, 0.717) is 51.5 Å². The highest BCUT2D eigenvalue weighted by Gasteiger charge is 2.41. The van der Waals surface area contributed by atoms with E-state index in [-0.39, 0.29) is 18.0 Å². The van der Waals surface area contributed by atoms with Crippen molar-refractivity contribution in [2.24, 2.45) is 0 Å². The van der Waals surface area contributed by atoms with Gasteiger partial charge in [-0.15, -0.1) is 0 Å². The third kappa shape index (κ3) is 4.02. The number of carbonyl (C=O) groups excluding carboxylic acids is 2. The zero-order chi connectivity index (χ0) is 23.8. The number of likely N-dealkylation sites (tertiary alicyclic amines) is 1. The Hall–Kier alpha value is -2.74. The number of fused-ring (bicyclic) bond motifs is 1. The number of anilines is 2. The summed E-state index contributed by atoms with van der Waals surface area (Å²) in [5, 5.41) is 3.42. The van der Waals surface area contributed by atoms with Gasteiger partial charge in [-0.2, -0.15) is 0 Å². The smallest absolute Gasteiger partial charge is 0.409 e. The maximum atomic E-state index is 13.9. The SMILES string of the molecule is CCOC(=O)N1CCC(N2C(=O)/C(=C3/COCCN3)c3cc(N4C(C)CCC4C)ccc32)CC1. The lowest BCUT2D eigenvalue weighted by Gasteiger charge is -2.36. The monoisotopic (exact) mass is 468 g/mol. The van der Waals surface area contributed by atoms with E-state index < -0.39 is 0 Å². The average molecular weight is 469 g/mol. The topological polar surface area (TPSA) is 74.3 Å². The van der Waals surface area contributed by atoms with Crippen LogP contribution in [0.3, 0.4) is 0 Å². The van der Waals surface area contributed by atoms with Gasteiger partial charge < -0.3 is 29.5 Å². The van der Waals surface area contributed by atoms with Crippen LogP contribution in [0, 0.1) is 0 Å². The summed E-state index contributed by atoms with van der Waals surface area (Å²) in [5.41, 5.74) is 4.76. The fraction of sp³-hybridized carbons (Fsp3) is 0.615. The quantitative estimate of drug-likeness (QED) is 0.686. The van der Waals surface area contributed by atoms with Gasteiger partial charge in [0.25, 0.3) is 5.91 Å². The largest absolute Gasteiger partial charge is 0.450 e. The summed E-state index contributed by atoms with van der Waals surface area (Å²) < 4.78 is 10.9. The van der Waals surface area contributed by atoms with Crippen LogP contribution in [-0.2, 0) is 14.3 Å². The first-order valence-corrected chi connectivity index (χ1v) is 12.7. The van der Waals surface area contributed by atoms with Crippen LogP contribution in [0.15, 0.2) is 23.9 Å². The number of morpholine rings is 1. The zero-order valence-electron chi connectivity index (χ0n) is 20.5. The van der Waals surface area contributed by atoms with Crippen LogP contribution in [0.2, 0.25) is 0 Å². The highest BCUT2D eigenvalue weighted by molar-refractivity contribution is 6.33. The summed E-state index contributed by atoms with van der Waals surface area (Å²) in [7, 11) is 0. The summed E-state index contributed by atoms with van der Waals surface area (Å²) in [5.74, 6) is 0.0391. The Bertz CT molecular complexity index is 967. The second-order valence-corrected chi connectivity index (χ2v) is 9.81. The highest BCUT2D eigenvalue weighted by Crippen LogP contribution is 2.44. The molecule has 4 aliphatic heterocycles. The predicted molar refractivity (Wildman–Crippen MR) is 132 cm³/mol. The molecular weight excluding hydrogens is 432 g/mol. The summed E-state index contributed by atoms with van der Waals surface area (Å²) in [6, 6.07) is 7.52. The molecular formula is C26H36N4O4. The van der Waals surface area contributed by atoms with Crippen molar-refractivity contribution in [1.29, 1.82) is 0 Å². The number of hydrogen-bond donors (Lipinski definition) is 1. The number of nitrogens with one attached hydrogen (secondary N) is 1. The van der Waals surface area contributed by atoms with Gasteiger partial charge in [-0.05, 0) is 64.7 Å². The number of nitrogens with zero attached hydrogens (tertiary/aromatic N) is 3. The normalized spacial score (nSPS) is 27.7. The lowest BCUT2D eigenvalue weighted by molar-refractivity contribution is -0.113. The van der Waals surface area contributed by atoms with Crippen molar-refractivity contribution in [2.45, 2.75) is 64.6 Å². The number of ether oxygens (including phenoxy) is 2. The van der Waals surface area contributed by atoms with Gasteiger partial charge in [-0.1, -0.05) is 0 Å². The van der Waals surface area contributed by atoms with Gasteiger partial charge in [-0.3, -0.25) is 4.79 Å². The first-order valence-electron chi connectivity index (χ1n) is 12.7. The van der Waals surface area contributed by atoms with E-state index in [2.05, 4.69) is 42.3 Å². The molecule has 184 valence electrons. The van der Waals surface area contributed by atoms with E-state index in [1.165, 1.54) is 18.5 Å². The lowest BCUT2D eigenvalue weighted by Crippen LogP contribution is -2.48. The molecule has 4 heterocycles. The molecule has 34 heavy (non-hydrogen) atoms. The number of rotatable bonds is 3. The molecule has 2 amide bonds. The molecule has 4 aliphatic rings. The van der Waals surface area contributed by atoms with E-state index in [0.717, 1.165) is 35.4 Å². The molecule has 0 aliphatic carbocycles. The van der Waals surface area contributed by atoms with E-state index in [1.54, 1.807) is 4.90 Å². The van der Waals surface area contributed by atoms with E-state index in [9.17, 15) is 9.59 Å². The lowest BCUT2D eigenvalue weighted by atomic mass is 10.0. The second kappa shape index (κ2) is 9.49. The van der Waals surface area contributed by atoms with Gasteiger partial charge in [0, 0.05) is 49.0 Å². The maximum absolute atomic E-state index is 13.9. The van der Waals surface area contributed by atoms with Gasteiger partial charge in [0.15, 0.2) is 0 Å². The molecule has 1 aromatic carbocycles. The van der Waals surface area contributed by atoms with Crippen molar-refractivity contribution in [3.63, 3.8) is 0 Å². The molecule has 2 unspecified atom stereocenters. The van der Waals surface area contributed by atoms with Crippen LogP contribution in [0.4, 0.5) is 16.2 Å². The van der Waals surface area contributed by atoms with Gasteiger partial charge in [0.1, 0.15) is 0 Å². The number of amides is 2. The Labute approximate surface area is 201 Å². The number of carbonyl (C=O) groups is 2. The molecule has 8 heteroatoms. The van der Waals surface area contributed by atoms with Crippen LogP contribution in [0.25, 0.3) is 5.57 Å². The maximum Gasteiger partial charge on any atom is 0.409 e. The fourth-order valence-corrected chi connectivity index (χ4v) is 5.98. The molecule has 2 atom stereocenters. The van der Waals surface area contributed by atoms with Crippen LogP contribution in [0.5, 0.6) is 0 Å². The van der Waals surface area contributed by atoms with Crippen molar-refractivity contribution in [2.75, 3.05) is 49.3 Å². The Morgan fingerprint density at radius 3 is 2.53 bits per heavy atom. The van der Waals surface area contributed by atoms with Crippen molar-refractivity contribution in [3.05, 3.63) is 29.5 Å². The molecule has 0 aromatic heterocycles. The first-order chi connectivity index (χ1) is 16.5. The molecule has 0 bridgehead atoms. The van der Waals surface area contributed by atoms with E-state index in [4.69, 9.17) is 9.47 Å². The van der Waals surface area contributed by atoms with Crippen molar-refractivity contribution in [1.82, 2.24) is 10.2 Å². The summed E-state index contributed by atoms with van der Waals surface area (Å²) in [6.45, 7) is 9.72. The van der Waals surface area contributed by atoms with Crippen LogP contribution >= 0.6 is 0 Å². The minimum atomic E-state index is -0.265. The third-order valence-electron chi connectivity index (χ3n) is 7.68. The average Bonchev–Trinajstić information content (AvgIpc) is 3.34. The minimum absolute atomic E-state index is 0.0391. The third-order valence-corrected chi connectivity index (χ3v) is 7.68. The van der Waals surface area contributed by atoms with Crippen molar-refractivity contribution in [3.8, 4) is 0 Å². The van der Waals surface area contributed by atoms with Crippen molar-refractivity contribution >= 4 is 28.9 Å². The van der Waals surface area contributed by atoms with Gasteiger partial charge >= 0.3 is 6.09 Å². The van der Waals surface area contributed by atoms with Gasteiger partial charge in [0.2, 0.25) is 0 Å². The summed E-state index contributed by atoms with van der Waals surface area (Å²) in [4.78, 5) is 32.2. The number of piperidine rings is 1. The van der Waals surface area contributed by atoms with Crippen LogP contribution < -0.4 is 15.1 Å². The summed E-state index contributed by atoms with van der Waals surface area (Å²) in [6.07, 6.45) is 3.58. The van der Waals surface area contributed by atoms with E-state index >= 15 is 0 Å². The molecule has 5 rings (SSSR count). The zero-order valence-corrected chi connectivity index (χ0v) is 20.5. The Kier molecular flexibility index (Phi) is 6.42. The number of benzene rings is 1. The highest BCUT2D eigenvalue weighted by atomic mass is 16.6. The van der Waals surface area contributed by atoms with E-state index in [1.807, 2.05) is 11.8 Å².